The Bertz CT molecular complexity index is 918. The van der Waals surface area contributed by atoms with E-state index < -0.39 is 17.1 Å². The minimum Gasteiger partial charge on any atom is -0.497 e. The van der Waals surface area contributed by atoms with E-state index in [1.165, 1.54) is 7.11 Å². The van der Waals surface area contributed by atoms with Crippen LogP contribution in [0.5, 0.6) is 11.6 Å². The molecule has 1 heterocycles. The Kier molecular flexibility index (Phi) is 5.66. The molecule has 8 heteroatoms. The summed E-state index contributed by atoms with van der Waals surface area (Å²) in [6.45, 7) is 2.91. The highest BCUT2D eigenvalue weighted by Crippen LogP contribution is 2.19. The fourth-order valence-corrected chi connectivity index (χ4v) is 2.42. The number of likely N-dealkylation sites (N-methyl/N-ethyl adjacent to an activating group) is 1. The Morgan fingerprint density at radius 2 is 1.85 bits per heavy atom. The number of benzene rings is 1. The maximum absolute atomic E-state index is 12.2. The third kappa shape index (κ3) is 4.40. The van der Waals surface area contributed by atoms with E-state index in [0.29, 0.717) is 23.7 Å². The number of H-pyrrole nitrogens is 1. The lowest BCUT2D eigenvalue weighted by atomic mass is 10.2. The van der Waals surface area contributed by atoms with Crippen LogP contribution in [0.15, 0.2) is 38.8 Å². The van der Waals surface area contributed by atoms with Crippen LogP contribution in [0.25, 0.3) is 5.69 Å². The number of ether oxygens (including phenoxy) is 1. The average molecular weight is 361 g/mol. The standard InChI is InChI=1S/C18H24N4O4/c1-12(19-10-11-22(2,3)4)15-16(23)20-18(25)21(17(15)24)13-6-8-14(26-5)9-7-13/h6-9H,10-11H2,1-5H3,(H-,19,20,23,24,25)/p+1. The second-order valence-corrected chi connectivity index (χ2v) is 6.97. The van der Waals surface area contributed by atoms with Gasteiger partial charge in [-0.25, -0.2) is 9.36 Å². The molecule has 26 heavy (non-hydrogen) atoms. The van der Waals surface area contributed by atoms with Gasteiger partial charge in [-0.3, -0.25) is 14.8 Å². The highest BCUT2D eigenvalue weighted by Gasteiger charge is 2.18. The molecular weight excluding hydrogens is 336 g/mol. The fourth-order valence-electron chi connectivity index (χ4n) is 2.42. The maximum Gasteiger partial charge on any atom is 0.335 e. The van der Waals surface area contributed by atoms with Gasteiger partial charge < -0.3 is 14.3 Å². The van der Waals surface area contributed by atoms with Crippen molar-refractivity contribution in [3.05, 3.63) is 50.7 Å². The molecule has 0 fully saturated rings. The summed E-state index contributed by atoms with van der Waals surface area (Å²) in [6.07, 6.45) is 0. The van der Waals surface area contributed by atoms with Gasteiger partial charge in [0.25, 0.3) is 5.56 Å². The molecule has 8 nitrogen and oxygen atoms in total. The quantitative estimate of drug-likeness (QED) is 0.586. The van der Waals surface area contributed by atoms with Crippen LogP contribution >= 0.6 is 0 Å². The van der Waals surface area contributed by atoms with Crippen LogP contribution in [0.4, 0.5) is 0 Å². The van der Waals surface area contributed by atoms with E-state index in [-0.39, 0.29) is 5.56 Å². The van der Waals surface area contributed by atoms with Crippen molar-refractivity contribution >= 4 is 5.71 Å². The van der Waals surface area contributed by atoms with Crippen molar-refractivity contribution in [2.75, 3.05) is 41.3 Å². The molecule has 0 bridgehead atoms. The van der Waals surface area contributed by atoms with Crippen LogP contribution in [0.2, 0.25) is 0 Å². The molecule has 0 aliphatic rings. The Hall–Kier alpha value is -2.87. The van der Waals surface area contributed by atoms with E-state index in [0.717, 1.165) is 15.6 Å². The zero-order valence-electron chi connectivity index (χ0n) is 15.7. The number of nitrogens with zero attached hydrogens (tertiary/aromatic N) is 3. The molecule has 0 amide bonds. The minimum absolute atomic E-state index is 0.0122. The van der Waals surface area contributed by atoms with Gasteiger partial charge in [0.1, 0.15) is 11.3 Å². The molecule has 0 aliphatic heterocycles. The zero-order chi connectivity index (χ0) is 19.5. The molecule has 0 aliphatic carbocycles. The predicted molar refractivity (Wildman–Crippen MR) is 101 cm³/mol. The number of rotatable bonds is 6. The van der Waals surface area contributed by atoms with Gasteiger partial charge in [0.15, 0.2) is 0 Å². The van der Waals surface area contributed by atoms with Crippen molar-refractivity contribution in [1.82, 2.24) is 9.55 Å². The lowest BCUT2D eigenvalue weighted by molar-refractivity contribution is -0.868. The molecular formula is C18H25N4O4+. The van der Waals surface area contributed by atoms with Gasteiger partial charge in [0.05, 0.1) is 52.7 Å². The molecule has 2 aromatic rings. The molecule has 1 aromatic carbocycles. The Morgan fingerprint density at radius 1 is 1.23 bits per heavy atom. The van der Waals surface area contributed by atoms with Crippen molar-refractivity contribution in [1.29, 1.82) is 0 Å². The van der Waals surface area contributed by atoms with E-state index in [4.69, 9.17) is 4.74 Å². The monoisotopic (exact) mass is 361 g/mol. The van der Waals surface area contributed by atoms with Gasteiger partial charge in [-0.2, -0.15) is 0 Å². The first-order valence-corrected chi connectivity index (χ1v) is 8.18. The van der Waals surface area contributed by atoms with Gasteiger partial charge in [-0.05, 0) is 31.2 Å². The summed E-state index contributed by atoms with van der Waals surface area (Å²) in [7, 11) is 7.66. The summed E-state index contributed by atoms with van der Waals surface area (Å²) >= 11 is 0. The Labute approximate surface area is 151 Å². The van der Waals surface area contributed by atoms with Crippen LogP contribution in [0.1, 0.15) is 12.5 Å². The molecule has 0 spiro atoms. The number of aromatic nitrogens is 2. The molecule has 0 saturated carbocycles. The second-order valence-electron chi connectivity index (χ2n) is 6.97. The third-order valence-electron chi connectivity index (χ3n) is 3.90. The van der Waals surface area contributed by atoms with E-state index >= 15 is 0 Å². The normalized spacial score (nSPS) is 12.3. The fraction of sp³-hybridized carbons (Fsp3) is 0.389. The maximum atomic E-state index is 12.2. The number of aliphatic imine (C=N–C) groups is 1. The van der Waals surface area contributed by atoms with E-state index in [1.807, 2.05) is 21.1 Å². The molecule has 0 atom stereocenters. The first-order chi connectivity index (χ1) is 12.1. The highest BCUT2D eigenvalue weighted by atomic mass is 16.5. The molecule has 140 valence electrons. The Balaban J connectivity index is 2.50. The summed E-state index contributed by atoms with van der Waals surface area (Å²) in [5, 5.41) is 10.6. The SMILES string of the molecule is COc1ccc(-n2c(O)c(C(C)=NCC[N+](C)(C)C)c(=O)[nH]c2=O)cc1. The summed E-state index contributed by atoms with van der Waals surface area (Å²) in [6, 6.07) is 6.56. The molecule has 0 radical (unpaired) electrons. The predicted octanol–water partition coefficient (Wildman–Crippen LogP) is 0.755. The van der Waals surface area contributed by atoms with Gasteiger partial charge in [0, 0.05) is 0 Å². The number of hydrogen-bond donors (Lipinski definition) is 2. The molecule has 2 rings (SSSR count). The summed E-state index contributed by atoms with van der Waals surface area (Å²) in [5.41, 5.74) is -0.615. The van der Waals surface area contributed by atoms with Gasteiger partial charge in [-0.15, -0.1) is 0 Å². The van der Waals surface area contributed by atoms with Gasteiger partial charge >= 0.3 is 5.69 Å². The second kappa shape index (κ2) is 7.57. The summed E-state index contributed by atoms with van der Waals surface area (Å²) < 4.78 is 6.85. The number of nitrogens with one attached hydrogen (secondary N) is 1. The van der Waals surface area contributed by atoms with Crippen molar-refractivity contribution < 1.29 is 14.3 Å². The van der Waals surface area contributed by atoms with Crippen LogP contribution < -0.4 is 16.0 Å². The molecule has 1 aromatic heterocycles. The van der Waals surface area contributed by atoms with Gasteiger partial charge in [0.2, 0.25) is 5.88 Å². The van der Waals surface area contributed by atoms with Crippen molar-refractivity contribution in [3.63, 3.8) is 0 Å². The molecule has 0 saturated heterocycles. The topological polar surface area (TPSA) is 96.7 Å². The zero-order valence-corrected chi connectivity index (χ0v) is 15.7. The van der Waals surface area contributed by atoms with Gasteiger partial charge in [-0.1, -0.05) is 0 Å². The van der Waals surface area contributed by atoms with Crippen molar-refractivity contribution in [3.8, 4) is 17.3 Å². The first kappa shape index (κ1) is 19.5. The number of hydrogen-bond acceptors (Lipinski definition) is 5. The van der Waals surface area contributed by atoms with E-state index in [1.54, 1.807) is 31.2 Å². The van der Waals surface area contributed by atoms with Crippen LogP contribution in [0, 0.1) is 0 Å². The Morgan fingerprint density at radius 3 is 2.38 bits per heavy atom. The minimum atomic E-state index is -0.722. The third-order valence-corrected chi connectivity index (χ3v) is 3.90. The number of aromatic amines is 1. The lowest BCUT2D eigenvalue weighted by Gasteiger charge is -2.22. The molecule has 2 N–H and O–H groups in total. The van der Waals surface area contributed by atoms with Crippen LogP contribution in [-0.4, -0.2) is 66.2 Å². The smallest absolute Gasteiger partial charge is 0.335 e. The number of methoxy groups -OCH3 is 1. The summed E-state index contributed by atoms with van der Waals surface area (Å²) in [4.78, 5) is 31.0. The van der Waals surface area contributed by atoms with Crippen LogP contribution in [-0.2, 0) is 0 Å². The lowest BCUT2D eigenvalue weighted by Crippen LogP contribution is -2.37. The van der Waals surface area contributed by atoms with Crippen molar-refractivity contribution in [2.45, 2.75) is 6.92 Å². The van der Waals surface area contributed by atoms with Crippen LogP contribution in [0.3, 0.4) is 0 Å². The average Bonchev–Trinajstić information content (AvgIpc) is 2.53. The molecule has 0 unspecified atom stereocenters. The number of aromatic hydroxyl groups is 1. The number of quaternary nitrogens is 1. The van der Waals surface area contributed by atoms with E-state index in [2.05, 4.69) is 9.98 Å². The largest absolute Gasteiger partial charge is 0.497 e. The van der Waals surface area contributed by atoms with Crippen molar-refractivity contribution in [2.24, 2.45) is 4.99 Å². The summed E-state index contributed by atoms with van der Waals surface area (Å²) in [5.74, 6) is 0.180. The van der Waals surface area contributed by atoms with E-state index in [9.17, 15) is 14.7 Å². The highest BCUT2D eigenvalue weighted by molar-refractivity contribution is 6.00. The first-order valence-electron chi connectivity index (χ1n) is 8.18.